The van der Waals surface area contributed by atoms with Crippen LogP contribution in [0.5, 0.6) is 0 Å². The summed E-state index contributed by atoms with van der Waals surface area (Å²) in [5.41, 5.74) is -0.217. The van der Waals surface area contributed by atoms with Gasteiger partial charge in [-0.15, -0.1) is 0 Å². The molecule has 1 aliphatic carbocycles. The highest BCUT2D eigenvalue weighted by molar-refractivity contribution is 5.82. The van der Waals surface area contributed by atoms with E-state index in [2.05, 4.69) is 34.3 Å². The standard InChI is InChI=1S/C17H26N4O/c1-17(8-4-3-5-9-17)15(22)19-14-6-11-21(12-7-14)16-18-10-13-20(16)2/h3-4,10,13-14H,5-9,11-12H2,1-2H3,(H,19,22). The molecule has 5 heteroatoms. The van der Waals surface area contributed by atoms with Gasteiger partial charge in [0.05, 0.1) is 5.41 Å². The lowest BCUT2D eigenvalue weighted by Gasteiger charge is -2.36. The summed E-state index contributed by atoms with van der Waals surface area (Å²) in [6.45, 7) is 3.99. The molecule has 1 aromatic heterocycles. The molecule has 0 saturated carbocycles. The van der Waals surface area contributed by atoms with Gasteiger partial charge in [0.1, 0.15) is 0 Å². The van der Waals surface area contributed by atoms with Crippen LogP contribution in [0.1, 0.15) is 39.0 Å². The van der Waals surface area contributed by atoms with Gasteiger partial charge in [-0.3, -0.25) is 4.79 Å². The fraction of sp³-hybridized carbons (Fsp3) is 0.647. The molecule has 1 N–H and O–H groups in total. The fourth-order valence-corrected chi connectivity index (χ4v) is 3.42. The first kappa shape index (κ1) is 15.1. The minimum absolute atomic E-state index is 0.217. The van der Waals surface area contributed by atoms with Gasteiger partial charge in [0.15, 0.2) is 0 Å². The molecule has 1 atom stereocenters. The number of nitrogens with one attached hydrogen (secondary N) is 1. The maximum Gasteiger partial charge on any atom is 0.226 e. The van der Waals surface area contributed by atoms with Gasteiger partial charge in [0.2, 0.25) is 11.9 Å². The first-order chi connectivity index (χ1) is 10.6. The van der Waals surface area contributed by atoms with Crippen molar-refractivity contribution in [3.63, 3.8) is 0 Å². The molecule has 22 heavy (non-hydrogen) atoms. The Morgan fingerprint density at radius 2 is 2.14 bits per heavy atom. The molecule has 5 nitrogen and oxygen atoms in total. The topological polar surface area (TPSA) is 50.2 Å². The Hall–Kier alpha value is -1.78. The van der Waals surface area contributed by atoms with Crippen molar-refractivity contribution in [1.29, 1.82) is 0 Å². The van der Waals surface area contributed by atoms with Gasteiger partial charge in [-0.25, -0.2) is 4.98 Å². The van der Waals surface area contributed by atoms with Crippen molar-refractivity contribution in [3.05, 3.63) is 24.5 Å². The summed E-state index contributed by atoms with van der Waals surface area (Å²) in [6, 6.07) is 0.298. The van der Waals surface area contributed by atoms with Crippen molar-refractivity contribution in [2.24, 2.45) is 12.5 Å². The van der Waals surface area contributed by atoms with E-state index in [9.17, 15) is 4.79 Å². The molecule has 1 amide bonds. The Bertz CT molecular complexity index is 557. The van der Waals surface area contributed by atoms with Crippen LogP contribution in [0.15, 0.2) is 24.5 Å². The van der Waals surface area contributed by atoms with Gasteiger partial charge in [0.25, 0.3) is 0 Å². The third-order valence-corrected chi connectivity index (χ3v) is 5.05. The number of aryl methyl sites for hydroxylation is 1. The van der Waals surface area contributed by atoms with Crippen LogP contribution < -0.4 is 10.2 Å². The number of anilines is 1. The van der Waals surface area contributed by atoms with Crippen molar-refractivity contribution < 1.29 is 4.79 Å². The van der Waals surface area contributed by atoms with E-state index in [1.54, 1.807) is 0 Å². The molecule has 0 radical (unpaired) electrons. The zero-order valence-electron chi connectivity index (χ0n) is 13.6. The normalized spacial score (nSPS) is 26.2. The molecule has 120 valence electrons. The molecule has 0 aromatic carbocycles. The predicted molar refractivity (Wildman–Crippen MR) is 87.7 cm³/mol. The van der Waals surface area contributed by atoms with Crippen LogP contribution >= 0.6 is 0 Å². The molecule has 0 spiro atoms. The van der Waals surface area contributed by atoms with Crippen molar-refractivity contribution >= 4 is 11.9 Å². The lowest BCUT2D eigenvalue weighted by molar-refractivity contribution is -0.131. The Labute approximate surface area is 132 Å². The van der Waals surface area contributed by atoms with E-state index in [0.29, 0.717) is 6.04 Å². The van der Waals surface area contributed by atoms with Crippen molar-refractivity contribution in [2.45, 2.75) is 45.1 Å². The minimum Gasteiger partial charge on any atom is -0.353 e. The monoisotopic (exact) mass is 302 g/mol. The zero-order chi connectivity index (χ0) is 15.6. The highest BCUT2D eigenvalue weighted by atomic mass is 16.2. The number of carbonyl (C=O) groups is 1. The van der Waals surface area contributed by atoms with Crippen molar-refractivity contribution in [1.82, 2.24) is 14.9 Å². The minimum atomic E-state index is -0.217. The summed E-state index contributed by atoms with van der Waals surface area (Å²) in [4.78, 5) is 19.3. The Morgan fingerprint density at radius 1 is 1.36 bits per heavy atom. The van der Waals surface area contributed by atoms with Crippen molar-refractivity contribution in [3.8, 4) is 0 Å². The molecular weight excluding hydrogens is 276 g/mol. The summed E-state index contributed by atoms with van der Waals surface area (Å²) in [7, 11) is 2.02. The number of hydrogen-bond donors (Lipinski definition) is 1. The van der Waals surface area contributed by atoms with Gasteiger partial charge in [-0.05, 0) is 32.1 Å². The average Bonchev–Trinajstić information content (AvgIpc) is 2.95. The van der Waals surface area contributed by atoms with Crippen LogP contribution in [0.2, 0.25) is 0 Å². The molecule has 0 bridgehead atoms. The van der Waals surface area contributed by atoms with Crippen LogP contribution in [-0.2, 0) is 11.8 Å². The summed E-state index contributed by atoms with van der Waals surface area (Å²) >= 11 is 0. The molecule has 1 unspecified atom stereocenters. The number of hydrogen-bond acceptors (Lipinski definition) is 3. The van der Waals surface area contributed by atoms with Crippen LogP contribution in [-0.4, -0.2) is 34.6 Å². The second kappa shape index (κ2) is 6.15. The molecule has 1 fully saturated rings. The Kier molecular flexibility index (Phi) is 4.23. The van der Waals surface area contributed by atoms with Crippen molar-refractivity contribution in [2.75, 3.05) is 18.0 Å². The van der Waals surface area contributed by atoms with E-state index in [-0.39, 0.29) is 11.3 Å². The van der Waals surface area contributed by atoms with Gasteiger partial charge >= 0.3 is 0 Å². The number of rotatable bonds is 3. The first-order valence-corrected chi connectivity index (χ1v) is 8.27. The van der Waals surface area contributed by atoms with Crippen LogP contribution in [0.3, 0.4) is 0 Å². The molecular formula is C17H26N4O. The molecule has 1 aromatic rings. The molecule has 2 aliphatic rings. The number of aromatic nitrogens is 2. The van der Waals surface area contributed by atoms with Crippen LogP contribution in [0.25, 0.3) is 0 Å². The highest BCUT2D eigenvalue weighted by Crippen LogP contribution is 2.32. The zero-order valence-corrected chi connectivity index (χ0v) is 13.6. The summed E-state index contributed by atoms with van der Waals surface area (Å²) in [6.07, 6.45) is 13.0. The van der Waals surface area contributed by atoms with E-state index >= 15 is 0 Å². The maximum atomic E-state index is 12.6. The number of nitrogens with zero attached hydrogens (tertiary/aromatic N) is 3. The molecule has 1 aliphatic heterocycles. The Morgan fingerprint density at radius 3 is 2.73 bits per heavy atom. The number of amides is 1. The smallest absolute Gasteiger partial charge is 0.226 e. The molecule has 1 saturated heterocycles. The van der Waals surface area contributed by atoms with Gasteiger partial charge in [-0.2, -0.15) is 0 Å². The van der Waals surface area contributed by atoms with Gasteiger partial charge in [-0.1, -0.05) is 19.1 Å². The van der Waals surface area contributed by atoms with Crippen LogP contribution in [0.4, 0.5) is 5.95 Å². The second-order valence-electron chi connectivity index (χ2n) is 6.85. The number of piperidine rings is 1. The lowest BCUT2D eigenvalue weighted by atomic mass is 9.78. The maximum absolute atomic E-state index is 12.6. The lowest BCUT2D eigenvalue weighted by Crippen LogP contribution is -2.49. The van der Waals surface area contributed by atoms with E-state index in [4.69, 9.17) is 0 Å². The van der Waals surface area contributed by atoms with E-state index in [1.807, 2.05) is 24.0 Å². The van der Waals surface area contributed by atoms with E-state index < -0.39 is 0 Å². The van der Waals surface area contributed by atoms with E-state index in [0.717, 1.165) is 51.1 Å². The quantitative estimate of drug-likeness (QED) is 0.871. The molecule has 3 rings (SSSR count). The number of allylic oxidation sites excluding steroid dienone is 2. The third kappa shape index (κ3) is 3.03. The summed E-state index contributed by atoms with van der Waals surface area (Å²) in [5.74, 6) is 1.25. The summed E-state index contributed by atoms with van der Waals surface area (Å²) < 4.78 is 2.05. The predicted octanol–water partition coefficient (Wildman–Crippen LogP) is 2.25. The first-order valence-electron chi connectivity index (χ1n) is 8.27. The number of carbonyl (C=O) groups excluding carboxylic acids is 1. The Balaban J connectivity index is 1.53. The SMILES string of the molecule is Cn1ccnc1N1CCC(NC(=O)C2(C)CC=CCC2)CC1. The average molecular weight is 302 g/mol. The van der Waals surface area contributed by atoms with Crippen LogP contribution in [0, 0.1) is 5.41 Å². The van der Waals surface area contributed by atoms with Gasteiger partial charge < -0.3 is 14.8 Å². The fourth-order valence-electron chi connectivity index (χ4n) is 3.42. The third-order valence-electron chi connectivity index (χ3n) is 5.05. The second-order valence-corrected chi connectivity index (χ2v) is 6.85. The van der Waals surface area contributed by atoms with Gasteiger partial charge in [0, 0.05) is 38.6 Å². The number of imidazole rings is 1. The largest absolute Gasteiger partial charge is 0.353 e. The highest BCUT2D eigenvalue weighted by Gasteiger charge is 2.34. The summed E-state index contributed by atoms with van der Waals surface area (Å²) in [5, 5.41) is 3.28. The van der Waals surface area contributed by atoms with E-state index in [1.165, 1.54) is 0 Å². The molecule has 2 heterocycles.